The van der Waals surface area contributed by atoms with Crippen molar-refractivity contribution in [1.29, 1.82) is 0 Å². The Bertz CT molecular complexity index is 276. The molecule has 1 fully saturated rings. The van der Waals surface area contributed by atoms with Crippen molar-refractivity contribution in [1.82, 2.24) is 10.2 Å². The Morgan fingerprint density at radius 3 is 2.44 bits per heavy atom. The summed E-state index contributed by atoms with van der Waals surface area (Å²) in [7, 11) is 0. The fraction of sp³-hybridized carbons (Fsp3) is 0.833. The Labute approximate surface area is 97.4 Å². The van der Waals surface area contributed by atoms with Crippen molar-refractivity contribution in [2.75, 3.05) is 13.1 Å². The van der Waals surface area contributed by atoms with Gasteiger partial charge in [0.05, 0.1) is 0 Å². The molecule has 1 rings (SSSR count). The van der Waals surface area contributed by atoms with E-state index in [0.717, 1.165) is 6.54 Å². The second-order valence-corrected chi connectivity index (χ2v) is 4.86. The summed E-state index contributed by atoms with van der Waals surface area (Å²) < 4.78 is 0. The molecule has 0 aromatic rings. The Morgan fingerprint density at radius 1 is 1.44 bits per heavy atom. The van der Waals surface area contributed by atoms with Gasteiger partial charge in [0.1, 0.15) is 0 Å². The van der Waals surface area contributed by atoms with Crippen LogP contribution in [0.1, 0.15) is 34.1 Å². The number of carbonyl (C=O) groups excluding carboxylic acids is 2. The number of hydrogen-bond donors (Lipinski definition) is 1. The highest BCUT2D eigenvalue weighted by Crippen LogP contribution is 2.19. The fourth-order valence-electron chi connectivity index (χ4n) is 2.01. The second-order valence-electron chi connectivity index (χ2n) is 4.86. The number of likely N-dealkylation sites (tertiary alicyclic amines) is 1. The summed E-state index contributed by atoms with van der Waals surface area (Å²) in [6.07, 6.45) is 0.371. The minimum Gasteiger partial charge on any atom is -0.312 e. The summed E-state index contributed by atoms with van der Waals surface area (Å²) in [5, 5.41) is 3.32. The first-order valence-electron chi connectivity index (χ1n) is 6.05. The third-order valence-corrected chi connectivity index (χ3v) is 3.12. The maximum Gasteiger partial charge on any atom is 0.232 e. The van der Waals surface area contributed by atoms with Crippen molar-refractivity contribution >= 4 is 11.8 Å². The highest BCUT2D eigenvalue weighted by molar-refractivity contribution is 6.03. The van der Waals surface area contributed by atoms with Gasteiger partial charge in [-0.1, -0.05) is 27.7 Å². The third-order valence-electron chi connectivity index (χ3n) is 3.12. The van der Waals surface area contributed by atoms with Crippen molar-refractivity contribution in [2.24, 2.45) is 11.8 Å². The Kier molecular flexibility index (Phi) is 4.47. The third kappa shape index (κ3) is 2.82. The van der Waals surface area contributed by atoms with E-state index in [1.165, 1.54) is 4.90 Å². The Balaban J connectivity index is 2.64. The number of rotatable bonds is 5. The number of hydrogen-bond acceptors (Lipinski definition) is 3. The molecular formula is C12H22N2O2. The Hall–Kier alpha value is -0.900. The second kappa shape index (κ2) is 5.43. The van der Waals surface area contributed by atoms with E-state index >= 15 is 0 Å². The summed E-state index contributed by atoms with van der Waals surface area (Å²) in [4.78, 5) is 24.8. The number of nitrogens with zero attached hydrogens (tertiary/aromatic N) is 1. The average Bonchev–Trinajstić information content (AvgIpc) is 2.43. The van der Waals surface area contributed by atoms with E-state index in [2.05, 4.69) is 19.2 Å². The van der Waals surface area contributed by atoms with Crippen LogP contribution in [-0.2, 0) is 9.59 Å². The van der Waals surface area contributed by atoms with Gasteiger partial charge in [-0.05, 0) is 12.5 Å². The first-order valence-corrected chi connectivity index (χ1v) is 6.05. The van der Waals surface area contributed by atoms with E-state index in [0.29, 0.717) is 18.9 Å². The lowest BCUT2D eigenvalue weighted by atomic mass is 10.0. The topological polar surface area (TPSA) is 49.4 Å². The first kappa shape index (κ1) is 13.2. The minimum absolute atomic E-state index is 0.0199. The van der Waals surface area contributed by atoms with Crippen molar-refractivity contribution in [3.63, 3.8) is 0 Å². The smallest absolute Gasteiger partial charge is 0.232 e. The molecule has 0 aromatic carbocycles. The average molecular weight is 226 g/mol. The molecule has 1 aliphatic rings. The van der Waals surface area contributed by atoms with Crippen molar-refractivity contribution in [3.8, 4) is 0 Å². The van der Waals surface area contributed by atoms with E-state index in [9.17, 15) is 9.59 Å². The van der Waals surface area contributed by atoms with Gasteiger partial charge >= 0.3 is 0 Å². The van der Waals surface area contributed by atoms with Crippen LogP contribution in [0.5, 0.6) is 0 Å². The van der Waals surface area contributed by atoms with Crippen LogP contribution in [0.2, 0.25) is 0 Å². The summed E-state index contributed by atoms with van der Waals surface area (Å²) in [5.41, 5.74) is 0. The largest absolute Gasteiger partial charge is 0.312 e. The van der Waals surface area contributed by atoms with Crippen molar-refractivity contribution < 1.29 is 9.59 Å². The van der Waals surface area contributed by atoms with E-state index in [-0.39, 0.29) is 23.8 Å². The summed E-state index contributed by atoms with van der Waals surface area (Å²) in [5.74, 6) is 0.230. The first-order chi connectivity index (χ1) is 7.47. The van der Waals surface area contributed by atoms with Crippen LogP contribution < -0.4 is 5.32 Å². The Morgan fingerprint density at radius 2 is 2.06 bits per heavy atom. The van der Waals surface area contributed by atoms with Gasteiger partial charge in [-0.25, -0.2) is 0 Å². The zero-order valence-electron chi connectivity index (χ0n) is 10.6. The molecule has 0 aliphatic carbocycles. The van der Waals surface area contributed by atoms with E-state index in [1.54, 1.807) is 0 Å². The van der Waals surface area contributed by atoms with Crippen LogP contribution in [0.4, 0.5) is 0 Å². The molecule has 4 nitrogen and oxygen atoms in total. The van der Waals surface area contributed by atoms with E-state index < -0.39 is 0 Å². The van der Waals surface area contributed by atoms with Crippen LogP contribution in [0.3, 0.4) is 0 Å². The molecule has 2 atom stereocenters. The number of imide groups is 1. The lowest BCUT2D eigenvalue weighted by Gasteiger charge is -2.26. The molecule has 1 saturated heterocycles. The summed E-state index contributed by atoms with van der Waals surface area (Å²) >= 11 is 0. The highest BCUT2D eigenvalue weighted by Gasteiger charge is 2.36. The lowest BCUT2D eigenvalue weighted by Crippen LogP contribution is -2.46. The van der Waals surface area contributed by atoms with Gasteiger partial charge in [-0.15, -0.1) is 0 Å². The van der Waals surface area contributed by atoms with Crippen LogP contribution in [-0.4, -0.2) is 35.8 Å². The molecule has 0 aromatic heterocycles. The predicted molar refractivity (Wildman–Crippen MR) is 62.8 cm³/mol. The molecule has 0 bridgehead atoms. The predicted octanol–water partition coefficient (Wildman–Crippen LogP) is 1.02. The molecule has 2 unspecified atom stereocenters. The lowest BCUT2D eigenvalue weighted by molar-refractivity contribution is -0.139. The van der Waals surface area contributed by atoms with E-state index in [1.807, 2.05) is 13.8 Å². The molecule has 4 heteroatoms. The molecule has 1 heterocycles. The molecular weight excluding hydrogens is 204 g/mol. The van der Waals surface area contributed by atoms with Gasteiger partial charge in [0, 0.05) is 24.9 Å². The number of amides is 2. The van der Waals surface area contributed by atoms with Gasteiger partial charge in [0.2, 0.25) is 11.8 Å². The molecule has 1 aliphatic heterocycles. The molecule has 0 spiro atoms. The standard InChI is InChI=1S/C12H22N2O2/c1-5-13-10(8(2)3)7-14-11(15)6-9(4)12(14)16/h8-10,13H,5-7H2,1-4H3. The number of carbonyl (C=O) groups is 2. The van der Waals surface area contributed by atoms with Crippen molar-refractivity contribution in [2.45, 2.75) is 40.2 Å². The summed E-state index contributed by atoms with van der Waals surface area (Å²) in [6.45, 7) is 9.41. The summed E-state index contributed by atoms with van der Waals surface area (Å²) in [6, 6.07) is 0.197. The van der Waals surface area contributed by atoms with Gasteiger partial charge in [-0.3, -0.25) is 14.5 Å². The number of nitrogens with one attached hydrogen (secondary N) is 1. The maximum absolute atomic E-state index is 11.8. The van der Waals surface area contributed by atoms with Gasteiger partial charge < -0.3 is 5.32 Å². The zero-order valence-corrected chi connectivity index (χ0v) is 10.6. The van der Waals surface area contributed by atoms with Gasteiger partial charge in [-0.2, -0.15) is 0 Å². The van der Waals surface area contributed by atoms with Crippen LogP contribution in [0, 0.1) is 11.8 Å². The SMILES string of the molecule is CCNC(CN1C(=O)CC(C)C1=O)C(C)C. The minimum atomic E-state index is -0.137. The normalized spacial score (nSPS) is 23.3. The molecule has 16 heavy (non-hydrogen) atoms. The van der Waals surface area contributed by atoms with Gasteiger partial charge in [0.15, 0.2) is 0 Å². The fourth-order valence-corrected chi connectivity index (χ4v) is 2.01. The molecule has 0 saturated carbocycles. The zero-order chi connectivity index (χ0) is 12.3. The van der Waals surface area contributed by atoms with Crippen molar-refractivity contribution in [3.05, 3.63) is 0 Å². The maximum atomic E-state index is 11.8. The monoisotopic (exact) mass is 226 g/mol. The van der Waals surface area contributed by atoms with Crippen LogP contribution >= 0.6 is 0 Å². The van der Waals surface area contributed by atoms with Crippen LogP contribution in [0.15, 0.2) is 0 Å². The number of likely N-dealkylation sites (N-methyl/N-ethyl adjacent to an activating group) is 1. The molecule has 92 valence electrons. The highest BCUT2D eigenvalue weighted by atomic mass is 16.2. The molecule has 1 N–H and O–H groups in total. The molecule has 0 radical (unpaired) electrons. The quantitative estimate of drug-likeness (QED) is 0.712. The molecule has 2 amide bonds. The van der Waals surface area contributed by atoms with E-state index in [4.69, 9.17) is 0 Å². The van der Waals surface area contributed by atoms with Crippen LogP contribution in [0.25, 0.3) is 0 Å². The van der Waals surface area contributed by atoms with Gasteiger partial charge in [0.25, 0.3) is 0 Å².